The van der Waals surface area contributed by atoms with Crippen LogP contribution >= 0.6 is 7.82 Å². The number of nitrogens with zero attached hydrogens (tertiary/aromatic N) is 1. The Morgan fingerprint density at radius 1 is 0.467 bits per heavy atom. The highest BCUT2D eigenvalue weighted by molar-refractivity contribution is 7.45. The minimum absolute atomic E-state index is 0.0222. The molecule has 0 aliphatic carbocycles. The molecular formula is C65H123N2O7P. The molecule has 0 spiro atoms. The maximum absolute atomic E-state index is 13.5. The molecule has 9 nitrogen and oxygen atoms in total. The lowest BCUT2D eigenvalue weighted by Gasteiger charge is -2.30. The van der Waals surface area contributed by atoms with E-state index in [1.807, 2.05) is 33.3 Å². The Balaban J connectivity index is 5.21. The van der Waals surface area contributed by atoms with Crippen molar-refractivity contribution in [2.24, 2.45) is 0 Å². The smallest absolute Gasteiger partial charge is 0.306 e. The molecule has 0 aromatic rings. The molecule has 0 saturated heterocycles. The van der Waals surface area contributed by atoms with Gasteiger partial charge in [0.2, 0.25) is 5.91 Å². The predicted molar refractivity (Wildman–Crippen MR) is 321 cm³/mol. The van der Waals surface area contributed by atoms with E-state index in [-0.39, 0.29) is 31.5 Å². The number of phosphoric ester groups is 1. The Morgan fingerprint density at radius 3 is 1.24 bits per heavy atom. The molecule has 440 valence electrons. The highest BCUT2D eigenvalue weighted by Crippen LogP contribution is 2.38. The summed E-state index contributed by atoms with van der Waals surface area (Å²) in [5.41, 5.74) is 0. The number of esters is 1. The van der Waals surface area contributed by atoms with E-state index in [0.29, 0.717) is 17.4 Å². The first-order chi connectivity index (χ1) is 36.4. The van der Waals surface area contributed by atoms with Gasteiger partial charge in [-0.15, -0.1) is 0 Å². The van der Waals surface area contributed by atoms with E-state index >= 15 is 0 Å². The van der Waals surface area contributed by atoms with Crippen LogP contribution in [0.15, 0.2) is 48.6 Å². The van der Waals surface area contributed by atoms with Crippen LogP contribution in [0.25, 0.3) is 0 Å². The molecule has 0 bridgehead atoms. The molecule has 0 aliphatic rings. The zero-order valence-corrected chi connectivity index (χ0v) is 51.2. The number of carbonyl (C=O) groups is 2. The Morgan fingerprint density at radius 2 is 0.813 bits per heavy atom. The number of rotatable bonds is 58. The Kier molecular flexibility index (Phi) is 53.8. The van der Waals surface area contributed by atoms with Gasteiger partial charge in [0.15, 0.2) is 0 Å². The average Bonchev–Trinajstić information content (AvgIpc) is 3.37. The van der Waals surface area contributed by atoms with Gasteiger partial charge in [-0.2, -0.15) is 0 Å². The van der Waals surface area contributed by atoms with Crippen LogP contribution in [0.5, 0.6) is 0 Å². The van der Waals surface area contributed by atoms with Crippen molar-refractivity contribution in [3.05, 3.63) is 48.6 Å². The normalized spacial score (nSPS) is 14.0. The summed E-state index contributed by atoms with van der Waals surface area (Å²) in [7, 11) is 1.19. The number of ether oxygens (including phenoxy) is 1. The number of hydrogen-bond donors (Lipinski definition) is 1. The average molecular weight is 1080 g/mol. The van der Waals surface area contributed by atoms with Crippen molar-refractivity contribution in [3.63, 3.8) is 0 Å². The summed E-state index contributed by atoms with van der Waals surface area (Å²) in [6, 6.07) is -0.888. The molecule has 10 heteroatoms. The van der Waals surface area contributed by atoms with Crippen LogP contribution in [0.2, 0.25) is 0 Å². The van der Waals surface area contributed by atoms with E-state index in [1.165, 1.54) is 186 Å². The van der Waals surface area contributed by atoms with E-state index in [4.69, 9.17) is 13.8 Å². The van der Waals surface area contributed by atoms with Crippen molar-refractivity contribution >= 4 is 19.7 Å². The van der Waals surface area contributed by atoms with E-state index in [0.717, 1.165) is 83.5 Å². The number of likely N-dealkylation sites (N-methyl/N-ethyl adjacent to an activating group) is 1. The number of carbonyl (C=O) groups excluding carboxylic acids is 2. The quantitative estimate of drug-likeness (QED) is 0.0212. The lowest BCUT2D eigenvalue weighted by Crippen LogP contribution is -2.47. The number of allylic oxidation sites excluding steroid dienone is 7. The monoisotopic (exact) mass is 1070 g/mol. The summed E-state index contributed by atoms with van der Waals surface area (Å²) < 4.78 is 30.3. The van der Waals surface area contributed by atoms with Crippen molar-refractivity contribution < 1.29 is 37.3 Å². The maximum Gasteiger partial charge on any atom is 0.306 e. The third-order valence-corrected chi connectivity index (χ3v) is 15.2. The molecule has 0 radical (unpaired) electrons. The van der Waals surface area contributed by atoms with Gasteiger partial charge in [-0.3, -0.25) is 14.2 Å². The molecule has 3 atom stereocenters. The number of amides is 1. The Bertz CT molecular complexity index is 1420. The minimum Gasteiger partial charge on any atom is -0.756 e. The molecule has 1 amide bonds. The second kappa shape index (κ2) is 55.3. The van der Waals surface area contributed by atoms with Crippen LogP contribution in [0, 0.1) is 0 Å². The maximum atomic E-state index is 13.5. The highest BCUT2D eigenvalue weighted by Gasteiger charge is 2.27. The molecular weight excluding hydrogens is 952 g/mol. The first-order valence-electron chi connectivity index (χ1n) is 31.9. The van der Waals surface area contributed by atoms with Crippen molar-refractivity contribution in [2.45, 2.75) is 315 Å². The van der Waals surface area contributed by atoms with Gasteiger partial charge in [0.25, 0.3) is 7.82 Å². The molecule has 0 fully saturated rings. The third-order valence-electron chi connectivity index (χ3n) is 14.3. The molecule has 0 heterocycles. The molecule has 3 unspecified atom stereocenters. The van der Waals surface area contributed by atoms with Crippen molar-refractivity contribution in [3.8, 4) is 0 Å². The van der Waals surface area contributed by atoms with E-state index in [2.05, 4.69) is 62.5 Å². The first kappa shape index (κ1) is 73.0. The van der Waals surface area contributed by atoms with Crippen molar-refractivity contribution in [1.82, 2.24) is 5.32 Å². The lowest BCUT2D eigenvalue weighted by atomic mass is 10.0. The van der Waals surface area contributed by atoms with Crippen LogP contribution in [0.3, 0.4) is 0 Å². The van der Waals surface area contributed by atoms with Gasteiger partial charge in [0, 0.05) is 12.8 Å². The first-order valence-corrected chi connectivity index (χ1v) is 33.4. The summed E-state index contributed by atoms with van der Waals surface area (Å²) in [5, 5.41) is 3.03. The van der Waals surface area contributed by atoms with Gasteiger partial charge >= 0.3 is 5.97 Å². The lowest BCUT2D eigenvalue weighted by molar-refractivity contribution is -0.870. The second-order valence-corrected chi connectivity index (χ2v) is 24.3. The van der Waals surface area contributed by atoms with E-state index < -0.39 is 20.0 Å². The SMILES string of the molecule is CCCCC/C=C\C/C=C\C/C=C\CCCCCCCCCCC(=O)OC(/C=C/CCCCCCCCCCCC)C(COP(=O)([O-])OCC[N+](C)(C)C)NC(=O)CCCCCCCCCCCCCCCCCC. The second-order valence-electron chi connectivity index (χ2n) is 22.9. The van der Waals surface area contributed by atoms with Crippen LogP contribution in [0.1, 0.15) is 303 Å². The van der Waals surface area contributed by atoms with Crippen LogP contribution in [0.4, 0.5) is 0 Å². The molecule has 0 aliphatic heterocycles. The largest absolute Gasteiger partial charge is 0.756 e. The number of quaternary nitrogens is 1. The zero-order chi connectivity index (χ0) is 55.0. The standard InChI is InChI=1S/C65H123N2O7P/c1-7-10-13-16-19-22-25-28-30-32-33-34-35-36-38-40-43-46-49-52-55-58-65(69)74-63(56-53-50-47-44-41-27-24-21-18-15-12-9-3)62(61-73-75(70,71)72-60-59-67(4,5)6)66-64(68)57-54-51-48-45-42-39-37-31-29-26-23-20-17-14-11-8-2/h19,22,28,30,33-34,53,56,62-63H,7-18,20-21,23-27,29,31-32,35-52,54-55,57-61H2,1-6H3,(H-,66,68,70,71)/b22-19-,30-28-,34-33-,56-53+. The fraction of sp³-hybridized carbons (Fsp3) is 0.846. The summed E-state index contributed by atoms with van der Waals surface area (Å²) in [6.45, 7) is 6.84. The van der Waals surface area contributed by atoms with Gasteiger partial charge in [-0.25, -0.2) is 0 Å². The van der Waals surface area contributed by atoms with Gasteiger partial charge in [0.1, 0.15) is 19.3 Å². The molecule has 0 saturated carbocycles. The number of unbranched alkanes of at least 4 members (excludes halogenated alkanes) is 36. The number of phosphoric acid groups is 1. The summed E-state index contributed by atoms with van der Waals surface area (Å²) in [4.78, 5) is 40.0. The summed E-state index contributed by atoms with van der Waals surface area (Å²) in [6.07, 6.45) is 67.8. The Labute approximate surface area is 465 Å². The highest BCUT2D eigenvalue weighted by atomic mass is 31.2. The fourth-order valence-corrected chi connectivity index (χ4v) is 10.0. The minimum atomic E-state index is -4.70. The zero-order valence-electron chi connectivity index (χ0n) is 50.3. The van der Waals surface area contributed by atoms with E-state index in [9.17, 15) is 19.0 Å². The van der Waals surface area contributed by atoms with Gasteiger partial charge in [-0.05, 0) is 70.3 Å². The van der Waals surface area contributed by atoms with Crippen LogP contribution < -0.4 is 10.2 Å². The number of hydrogen-bond acceptors (Lipinski definition) is 7. The molecule has 0 aromatic heterocycles. The van der Waals surface area contributed by atoms with Crippen molar-refractivity contribution in [1.29, 1.82) is 0 Å². The van der Waals surface area contributed by atoms with Gasteiger partial charge in [0.05, 0.1) is 33.8 Å². The molecule has 0 aromatic carbocycles. The fourth-order valence-electron chi connectivity index (χ4n) is 9.29. The summed E-state index contributed by atoms with van der Waals surface area (Å²) in [5.74, 6) is -0.538. The van der Waals surface area contributed by atoms with Gasteiger partial charge in [-0.1, -0.05) is 269 Å². The Hall–Kier alpha value is -2.03. The van der Waals surface area contributed by atoms with Gasteiger partial charge < -0.3 is 28.5 Å². The molecule has 1 N–H and O–H groups in total. The topological polar surface area (TPSA) is 114 Å². The van der Waals surface area contributed by atoms with Crippen LogP contribution in [-0.2, 0) is 27.9 Å². The number of nitrogens with one attached hydrogen (secondary N) is 1. The third kappa shape index (κ3) is 56.5. The molecule has 75 heavy (non-hydrogen) atoms. The van der Waals surface area contributed by atoms with Crippen LogP contribution in [-0.4, -0.2) is 69.4 Å². The molecule has 0 rings (SSSR count). The predicted octanol–water partition coefficient (Wildman–Crippen LogP) is 19.0. The van der Waals surface area contributed by atoms with E-state index in [1.54, 1.807) is 0 Å². The van der Waals surface area contributed by atoms with Crippen molar-refractivity contribution in [2.75, 3.05) is 40.9 Å². The summed E-state index contributed by atoms with van der Waals surface area (Å²) >= 11 is 0.